The molecule has 2 aromatic rings. The van der Waals surface area contributed by atoms with Gasteiger partial charge in [-0.1, -0.05) is 19.1 Å². The molecule has 0 amide bonds. The van der Waals surface area contributed by atoms with Gasteiger partial charge in [-0.25, -0.2) is 0 Å². The number of nitrogens with zero attached hydrogens (tertiary/aromatic N) is 2. The van der Waals surface area contributed by atoms with E-state index < -0.39 is 0 Å². The number of hydrogen-bond acceptors (Lipinski definition) is 2. The van der Waals surface area contributed by atoms with Gasteiger partial charge in [0.05, 0.1) is 5.69 Å². The summed E-state index contributed by atoms with van der Waals surface area (Å²) < 4.78 is 2.13. The molecule has 3 rings (SSSR count). The number of rotatable bonds is 4. The van der Waals surface area contributed by atoms with Crippen molar-refractivity contribution in [2.45, 2.75) is 46.1 Å². The predicted octanol–water partition coefficient (Wildman–Crippen LogP) is 3.41. The van der Waals surface area contributed by atoms with E-state index in [1.165, 1.54) is 41.0 Å². The fraction of sp³-hybridized carbons (Fsp3) is 0.471. The summed E-state index contributed by atoms with van der Waals surface area (Å²) >= 11 is 0. The molecular weight excluding hydrogens is 246 g/mol. The van der Waals surface area contributed by atoms with Crippen molar-refractivity contribution in [1.82, 2.24) is 9.78 Å². The smallest absolute Gasteiger partial charge is 0.0624 e. The third-order valence-electron chi connectivity index (χ3n) is 4.07. The van der Waals surface area contributed by atoms with Gasteiger partial charge in [0, 0.05) is 30.9 Å². The summed E-state index contributed by atoms with van der Waals surface area (Å²) in [6, 6.07) is 9.11. The van der Waals surface area contributed by atoms with Gasteiger partial charge in [0.1, 0.15) is 0 Å². The average molecular weight is 269 g/mol. The lowest BCUT2D eigenvalue weighted by Crippen LogP contribution is -2.12. The van der Waals surface area contributed by atoms with Gasteiger partial charge >= 0.3 is 0 Å². The Morgan fingerprint density at radius 2 is 2.15 bits per heavy atom. The first-order valence-electron chi connectivity index (χ1n) is 7.71. The highest BCUT2D eigenvalue weighted by atomic mass is 15.3. The molecule has 1 aromatic carbocycles. The van der Waals surface area contributed by atoms with Crippen LogP contribution in [-0.2, 0) is 25.8 Å². The van der Waals surface area contributed by atoms with E-state index in [0.717, 1.165) is 25.9 Å². The summed E-state index contributed by atoms with van der Waals surface area (Å²) in [5.41, 5.74) is 6.67. The van der Waals surface area contributed by atoms with Crippen molar-refractivity contribution in [3.05, 3.63) is 46.8 Å². The minimum absolute atomic E-state index is 0.943. The Hall–Kier alpha value is -1.77. The van der Waals surface area contributed by atoms with Crippen LogP contribution in [0.2, 0.25) is 0 Å². The van der Waals surface area contributed by atoms with E-state index in [1.54, 1.807) is 0 Å². The number of hydrogen-bond donors (Lipinski definition) is 1. The van der Waals surface area contributed by atoms with Crippen molar-refractivity contribution >= 4 is 5.69 Å². The van der Waals surface area contributed by atoms with Crippen LogP contribution in [0.25, 0.3) is 0 Å². The first-order valence-corrected chi connectivity index (χ1v) is 7.71. The summed E-state index contributed by atoms with van der Waals surface area (Å²) in [6.07, 6.45) is 4.42. The lowest BCUT2D eigenvalue weighted by molar-refractivity contribution is 0.621. The summed E-state index contributed by atoms with van der Waals surface area (Å²) in [5, 5.41) is 8.14. The van der Waals surface area contributed by atoms with Crippen molar-refractivity contribution in [2.24, 2.45) is 0 Å². The zero-order valence-electron chi connectivity index (χ0n) is 12.4. The van der Waals surface area contributed by atoms with Crippen LogP contribution in [0.5, 0.6) is 0 Å². The maximum absolute atomic E-state index is 4.63. The van der Waals surface area contributed by atoms with E-state index in [1.807, 2.05) is 0 Å². The molecule has 20 heavy (non-hydrogen) atoms. The molecule has 0 atom stereocenters. The zero-order valence-corrected chi connectivity index (χ0v) is 12.4. The number of anilines is 1. The van der Waals surface area contributed by atoms with Crippen molar-refractivity contribution in [2.75, 3.05) is 11.9 Å². The monoisotopic (exact) mass is 269 g/mol. The minimum Gasteiger partial charge on any atom is -0.385 e. The molecule has 106 valence electrons. The number of fused-ring (bicyclic) bond motifs is 1. The van der Waals surface area contributed by atoms with Crippen LogP contribution < -0.4 is 5.32 Å². The minimum atomic E-state index is 0.943. The van der Waals surface area contributed by atoms with Crippen molar-refractivity contribution in [1.29, 1.82) is 0 Å². The molecule has 0 bridgehead atoms. The molecule has 2 heterocycles. The molecular formula is C17H23N3. The number of nitrogens with one attached hydrogen (secondary N) is 1. The zero-order chi connectivity index (χ0) is 13.9. The summed E-state index contributed by atoms with van der Waals surface area (Å²) in [6.45, 7) is 6.36. The molecule has 0 fully saturated rings. The summed E-state index contributed by atoms with van der Waals surface area (Å²) in [5.74, 6) is 0. The van der Waals surface area contributed by atoms with E-state index in [0.29, 0.717) is 0 Å². The van der Waals surface area contributed by atoms with Crippen molar-refractivity contribution < 1.29 is 0 Å². The molecule has 1 aliphatic heterocycles. The van der Waals surface area contributed by atoms with Crippen molar-refractivity contribution in [3.63, 3.8) is 0 Å². The van der Waals surface area contributed by atoms with E-state index >= 15 is 0 Å². The fourth-order valence-electron chi connectivity index (χ4n) is 2.93. The van der Waals surface area contributed by atoms with Crippen LogP contribution in [0.4, 0.5) is 5.69 Å². The molecule has 0 aliphatic carbocycles. The molecule has 0 spiro atoms. The molecule has 0 unspecified atom stereocenters. The second-order valence-corrected chi connectivity index (χ2v) is 5.49. The number of aryl methyl sites for hydroxylation is 3. The molecule has 3 heteroatoms. The highest BCUT2D eigenvalue weighted by Gasteiger charge is 2.11. The summed E-state index contributed by atoms with van der Waals surface area (Å²) in [7, 11) is 0. The largest absolute Gasteiger partial charge is 0.385 e. The van der Waals surface area contributed by atoms with Crippen LogP contribution in [0.1, 0.15) is 42.8 Å². The first-order chi connectivity index (χ1) is 9.80. The standard InChI is InChI=1S/C17H23N3/c1-3-15-12-16(20(4-2)19-15)10-13-7-8-14-6-5-9-18-17(14)11-13/h7-8,11-12,18H,3-6,9-10H2,1-2H3. The second kappa shape index (κ2) is 5.70. The van der Waals surface area contributed by atoms with Gasteiger partial charge in [-0.2, -0.15) is 5.10 Å². The average Bonchev–Trinajstić information content (AvgIpc) is 2.89. The molecule has 1 aromatic heterocycles. The maximum atomic E-state index is 4.63. The Morgan fingerprint density at radius 3 is 2.95 bits per heavy atom. The Morgan fingerprint density at radius 1 is 1.25 bits per heavy atom. The lowest BCUT2D eigenvalue weighted by Gasteiger charge is -2.18. The first kappa shape index (κ1) is 13.2. The van der Waals surface area contributed by atoms with E-state index in [-0.39, 0.29) is 0 Å². The van der Waals surface area contributed by atoms with Crippen LogP contribution in [0.3, 0.4) is 0 Å². The third-order valence-corrected chi connectivity index (χ3v) is 4.07. The van der Waals surface area contributed by atoms with Crippen LogP contribution in [-0.4, -0.2) is 16.3 Å². The Kier molecular flexibility index (Phi) is 3.77. The Labute approximate surface area is 121 Å². The van der Waals surface area contributed by atoms with E-state index in [9.17, 15) is 0 Å². The Bertz CT molecular complexity index is 598. The van der Waals surface area contributed by atoms with Crippen molar-refractivity contribution in [3.8, 4) is 0 Å². The van der Waals surface area contributed by atoms with Gasteiger partial charge in [0.2, 0.25) is 0 Å². The van der Waals surface area contributed by atoms with Gasteiger partial charge in [-0.3, -0.25) is 4.68 Å². The summed E-state index contributed by atoms with van der Waals surface area (Å²) in [4.78, 5) is 0. The van der Waals surface area contributed by atoms with Gasteiger partial charge < -0.3 is 5.32 Å². The molecule has 1 N–H and O–H groups in total. The molecule has 1 aliphatic rings. The fourth-order valence-corrected chi connectivity index (χ4v) is 2.93. The molecule has 0 saturated heterocycles. The lowest BCUT2D eigenvalue weighted by atomic mass is 9.99. The second-order valence-electron chi connectivity index (χ2n) is 5.49. The topological polar surface area (TPSA) is 29.9 Å². The number of benzene rings is 1. The quantitative estimate of drug-likeness (QED) is 0.921. The predicted molar refractivity (Wildman–Crippen MR) is 83.3 cm³/mol. The third kappa shape index (κ3) is 2.58. The normalized spacial score (nSPS) is 13.9. The van der Waals surface area contributed by atoms with Crippen LogP contribution >= 0.6 is 0 Å². The molecule has 0 radical (unpaired) electrons. The van der Waals surface area contributed by atoms with Crippen LogP contribution in [0.15, 0.2) is 24.3 Å². The van der Waals surface area contributed by atoms with Gasteiger partial charge in [0.15, 0.2) is 0 Å². The highest BCUT2D eigenvalue weighted by Crippen LogP contribution is 2.24. The van der Waals surface area contributed by atoms with E-state index in [4.69, 9.17) is 0 Å². The Balaban J connectivity index is 1.85. The van der Waals surface area contributed by atoms with Gasteiger partial charge in [-0.05, 0) is 49.4 Å². The van der Waals surface area contributed by atoms with Gasteiger partial charge in [-0.15, -0.1) is 0 Å². The van der Waals surface area contributed by atoms with Gasteiger partial charge in [0.25, 0.3) is 0 Å². The highest BCUT2D eigenvalue weighted by molar-refractivity contribution is 5.55. The number of aromatic nitrogens is 2. The van der Waals surface area contributed by atoms with E-state index in [2.05, 4.69) is 53.2 Å². The maximum Gasteiger partial charge on any atom is 0.0624 e. The van der Waals surface area contributed by atoms with Crippen LogP contribution in [0, 0.1) is 0 Å². The SMILES string of the molecule is CCc1cc(Cc2ccc3c(c2)NCCC3)n(CC)n1. The molecule has 0 saturated carbocycles. The molecule has 3 nitrogen and oxygen atoms in total.